The fourth-order valence-corrected chi connectivity index (χ4v) is 2.12. The number of nitrogens with zero attached hydrogens (tertiary/aromatic N) is 1. The quantitative estimate of drug-likeness (QED) is 0.666. The predicted molar refractivity (Wildman–Crippen MR) is 86.6 cm³/mol. The summed E-state index contributed by atoms with van der Waals surface area (Å²) in [5, 5.41) is 11.9. The van der Waals surface area contributed by atoms with E-state index < -0.39 is 17.5 Å². The van der Waals surface area contributed by atoms with Crippen LogP contribution in [0.25, 0.3) is 6.08 Å². The lowest BCUT2D eigenvalue weighted by Gasteiger charge is -2.07. The molecular formula is C17H11ClF2N2O2. The van der Waals surface area contributed by atoms with Crippen LogP contribution in [0.3, 0.4) is 0 Å². The summed E-state index contributed by atoms with van der Waals surface area (Å²) in [6.07, 6.45) is 1.16. The molecule has 1 N–H and O–H groups in total. The Morgan fingerprint density at radius 1 is 1.25 bits per heavy atom. The van der Waals surface area contributed by atoms with Gasteiger partial charge in [0.05, 0.1) is 12.1 Å². The van der Waals surface area contributed by atoms with Gasteiger partial charge in [0, 0.05) is 5.69 Å². The number of benzene rings is 2. The predicted octanol–water partition coefficient (Wildman–Crippen LogP) is 4.17. The molecule has 0 atom stereocenters. The second kappa shape index (κ2) is 7.57. The Labute approximate surface area is 141 Å². The van der Waals surface area contributed by atoms with Gasteiger partial charge in [-0.25, -0.2) is 8.78 Å². The van der Waals surface area contributed by atoms with Gasteiger partial charge in [-0.05, 0) is 42.0 Å². The first-order valence-electron chi connectivity index (χ1n) is 6.66. The van der Waals surface area contributed by atoms with E-state index in [0.29, 0.717) is 16.5 Å². The first kappa shape index (κ1) is 17.4. The van der Waals surface area contributed by atoms with Crippen LogP contribution in [0.5, 0.6) is 5.75 Å². The largest absolute Gasteiger partial charge is 0.495 e. The van der Waals surface area contributed by atoms with E-state index >= 15 is 0 Å². The fourth-order valence-electron chi connectivity index (χ4n) is 1.86. The second-order valence-corrected chi connectivity index (χ2v) is 5.05. The van der Waals surface area contributed by atoms with E-state index in [0.717, 1.165) is 18.2 Å². The monoisotopic (exact) mass is 348 g/mol. The highest BCUT2D eigenvalue weighted by Crippen LogP contribution is 2.27. The number of hydrogen-bond acceptors (Lipinski definition) is 3. The maximum absolute atomic E-state index is 13.2. The standard InChI is InChI=1S/C17H11ClF2N2O2/c1-24-16-5-3-12(8-13(16)18)22-17(23)11(9-21)6-10-2-4-14(19)15(20)7-10/h2-8H,1H3,(H,22,23)/b11-6+. The van der Waals surface area contributed by atoms with Gasteiger partial charge in [0.25, 0.3) is 5.91 Å². The average molecular weight is 349 g/mol. The molecule has 1 amide bonds. The van der Waals surface area contributed by atoms with E-state index in [4.69, 9.17) is 21.6 Å². The topological polar surface area (TPSA) is 62.1 Å². The molecule has 0 aromatic heterocycles. The lowest BCUT2D eigenvalue weighted by molar-refractivity contribution is -0.112. The number of amides is 1. The van der Waals surface area contributed by atoms with Crippen molar-refractivity contribution in [2.24, 2.45) is 0 Å². The Kier molecular flexibility index (Phi) is 5.51. The Morgan fingerprint density at radius 2 is 2.00 bits per heavy atom. The van der Waals surface area contributed by atoms with Crippen molar-refractivity contribution in [3.05, 3.63) is 64.2 Å². The molecule has 2 aromatic rings. The van der Waals surface area contributed by atoms with Crippen LogP contribution in [-0.4, -0.2) is 13.0 Å². The van der Waals surface area contributed by atoms with Crippen LogP contribution >= 0.6 is 11.6 Å². The molecule has 0 aliphatic heterocycles. The highest BCUT2D eigenvalue weighted by atomic mass is 35.5. The van der Waals surface area contributed by atoms with Gasteiger partial charge in [0.2, 0.25) is 0 Å². The molecule has 0 aliphatic carbocycles. The summed E-state index contributed by atoms with van der Waals surface area (Å²) >= 11 is 5.96. The van der Waals surface area contributed by atoms with Crippen molar-refractivity contribution in [2.45, 2.75) is 0 Å². The number of rotatable bonds is 4. The van der Waals surface area contributed by atoms with Gasteiger partial charge in [-0.15, -0.1) is 0 Å². The van der Waals surface area contributed by atoms with Gasteiger partial charge < -0.3 is 10.1 Å². The van der Waals surface area contributed by atoms with E-state index in [-0.39, 0.29) is 11.1 Å². The molecule has 24 heavy (non-hydrogen) atoms. The van der Waals surface area contributed by atoms with Gasteiger partial charge in [-0.2, -0.15) is 5.26 Å². The average Bonchev–Trinajstić information content (AvgIpc) is 2.56. The van der Waals surface area contributed by atoms with Gasteiger partial charge in [0.1, 0.15) is 17.4 Å². The highest BCUT2D eigenvalue weighted by molar-refractivity contribution is 6.32. The molecule has 0 radical (unpaired) electrons. The summed E-state index contributed by atoms with van der Waals surface area (Å²) in [7, 11) is 1.46. The highest BCUT2D eigenvalue weighted by Gasteiger charge is 2.11. The zero-order valence-electron chi connectivity index (χ0n) is 12.4. The Hall–Kier alpha value is -2.91. The molecule has 0 saturated carbocycles. The van der Waals surface area contributed by atoms with E-state index in [1.54, 1.807) is 18.2 Å². The molecule has 4 nitrogen and oxygen atoms in total. The van der Waals surface area contributed by atoms with E-state index in [2.05, 4.69) is 5.32 Å². The third-order valence-electron chi connectivity index (χ3n) is 3.03. The lowest BCUT2D eigenvalue weighted by atomic mass is 10.1. The van der Waals surface area contributed by atoms with Crippen LogP contribution in [0.2, 0.25) is 5.02 Å². The zero-order valence-corrected chi connectivity index (χ0v) is 13.2. The van der Waals surface area contributed by atoms with Crippen LogP contribution < -0.4 is 10.1 Å². The van der Waals surface area contributed by atoms with Crippen molar-refractivity contribution in [1.29, 1.82) is 5.26 Å². The number of anilines is 1. The van der Waals surface area contributed by atoms with Gasteiger partial charge in [0.15, 0.2) is 11.6 Å². The number of carbonyl (C=O) groups is 1. The minimum atomic E-state index is -1.07. The Morgan fingerprint density at radius 3 is 2.58 bits per heavy atom. The first-order valence-corrected chi connectivity index (χ1v) is 7.04. The van der Waals surface area contributed by atoms with E-state index in [1.165, 1.54) is 19.2 Å². The fraction of sp³-hybridized carbons (Fsp3) is 0.0588. The van der Waals surface area contributed by atoms with Crippen LogP contribution in [0.1, 0.15) is 5.56 Å². The van der Waals surface area contributed by atoms with Crippen molar-refractivity contribution in [2.75, 3.05) is 12.4 Å². The lowest BCUT2D eigenvalue weighted by Crippen LogP contribution is -2.13. The molecule has 122 valence electrons. The zero-order chi connectivity index (χ0) is 17.7. The summed E-state index contributed by atoms with van der Waals surface area (Å²) < 4.78 is 31.1. The third kappa shape index (κ3) is 4.09. The normalized spacial score (nSPS) is 10.9. The Bertz CT molecular complexity index is 860. The van der Waals surface area contributed by atoms with Crippen LogP contribution in [-0.2, 0) is 4.79 Å². The maximum Gasteiger partial charge on any atom is 0.266 e. The number of hydrogen-bond donors (Lipinski definition) is 1. The minimum absolute atomic E-state index is 0.188. The van der Waals surface area contributed by atoms with Crippen molar-refractivity contribution < 1.29 is 18.3 Å². The molecule has 0 aliphatic rings. The summed E-state index contributed by atoms with van der Waals surface area (Å²) in [6, 6.07) is 9.35. The minimum Gasteiger partial charge on any atom is -0.495 e. The van der Waals surface area contributed by atoms with Crippen molar-refractivity contribution in [3.63, 3.8) is 0 Å². The molecule has 2 rings (SSSR count). The molecule has 0 saturated heterocycles. The summed E-state index contributed by atoms with van der Waals surface area (Å²) in [6.45, 7) is 0. The van der Waals surface area contributed by atoms with E-state index in [1.807, 2.05) is 0 Å². The number of carbonyl (C=O) groups excluding carboxylic acids is 1. The number of nitrogens with one attached hydrogen (secondary N) is 1. The van der Waals surface area contributed by atoms with Crippen molar-refractivity contribution in [3.8, 4) is 11.8 Å². The molecule has 2 aromatic carbocycles. The maximum atomic E-state index is 13.2. The first-order chi connectivity index (χ1) is 11.4. The van der Waals surface area contributed by atoms with Crippen LogP contribution in [0.4, 0.5) is 14.5 Å². The number of halogens is 3. The van der Waals surface area contributed by atoms with Crippen molar-refractivity contribution in [1.82, 2.24) is 0 Å². The number of ether oxygens (including phenoxy) is 1. The smallest absolute Gasteiger partial charge is 0.266 e. The van der Waals surface area contributed by atoms with Crippen molar-refractivity contribution >= 4 is 29.3 Å². The third-order valence-corrected chi connectivity index (χ3v) is 3.32. The molecule has 0 heterocycles. The summed E-state index contributed by atoms with van der Waals surface area (Å²) in [5.41, 5.74) is 0.276. The number of methoxy groups -OCH3 is 1. The summed E-state index contributed by atoms with van der Waals surface area (Å²) in [5.74, 6) is -2.35. The van der Waals surface area contributed by atoms with Gasteiger partial charge >= 0.3 is 0 Å². The second-order valence-electron chi connectivity index (χ2n) is 4.65. The SMILES string of the molecule is COc1ccc(NC(=O)/C(C#N)=C/c2ccc(F)c(F)c2)cc1Cl. The molecule has 7 heteroatoms. The Balaban J connectivity index is 2.22. The van der Waals surface area contributed by atoms with E-state index in [9.17, 15) is 13.6 Å². The van der Waals surface area contributed by atoms with Crippen LogP contribution in [0.15, 0.2) is 42.0 Å². The summed E-state index contributed by atoms with van der Waals surface area (Å²) in [4.78, 5) is 12.1. The number of nitriles is 1. The molecule has 0 unspecified atom stereocenters. The van der Waals surface area contributed by atoms with Gasteiger partial charge in [-0.1, -0.05) is 17.7 Å². The molecule has 0 bridgehead atoms. The molecule has 0 spiro atoms. The van der Waals surface area contributed by atoms with Crippen LogP contribution in [0, 0.1) is 23.0 Å². The molecule has 0 fully saturated rings. The molecular weight excluding hydrogens is 338 g/mol. The van der Waals surface area contributed by atoms with Gasteiger partial charge in [-0.3, -0.25) is 4.79 Å².